The van der Waals surface area contributed by atoms with E-state index in [1.165, 1.54) is 24.3 Å². The predicted octanol–water partition coefficient (Wildman–Crippen LogP) is 3.03. The summed E-state index contributed by atoms with van der Waals surface area (Å²) in [6.07, 6.45) is 0.962. The van der Waals surface area contributed by atoms with Gasteiger partial charge in [-0.25, -0.2) is 12.8 Å². The fourth-order valence-electron chi connectivity index (χ4n) is 2.59. The molecule has 1 amide bonds. The molecule has 0 aliphatic heterocycles. The Hall–Kier alpha value is -2.41. The van der Waals surface area contributed by atoms with Crippen LogP contribution in [0.25, 0.3) is 0 Å². The van der Waals surface area contributed by atoms with Crippen molar-refractivity contribution in [2.45, 2.75) is 26.4 Å². The molecular formula is C19H23FN2O3S. The van der Waals surface area contributed by atoms with Gasteiger partial charge in [0.05, 0.1) is 11.9 Å². The van der Waals surface area contributed by atoms with Gasteiger partial charge in [0.15, 0.2) is 0 Å². The molecule has 0 aliphatic carbocycles. The van der Waals surface area contributed by atoms with Crippen LogP contribution in [0.2, 0.25) is 0 Å². The number of nitrogens with zero attached hydrogens (tertiary/aromatic N) is 2. The van der Waals surface area contributed by atoms with E-state index >= 15 is 0 Å². The molecule has 0 spiro atoms. The molecule has 5 nitrogen and oxygen atoms in total. The van der Waals surface area contributed by atoms with E-state index in [4.69, 9.17) is 0 Å². The van der Waals surface area contributed by atoms with Gasteiger partial charge in [0, 0.05) is 12.6 Å². The van der Waals surface area contributed by atoms with Crippen molar-refractivity contribution in [3.8, 4) is 0 Å². The number of hydrogen-bond donors (Lipinski definition) is 0. The van der Waals surface area contributed by atoms with Crippen molar-refractivity contribution in [2.75, 3.05) is 17.1 Å². The van der Waals surface area contributed by atoms with E-state index in [1.54, 1.807) is 4.90 Å². The lowest BCUT2D eigenvalue weighted by Crippen LogP contribution is -2.45. The number of halogens is 1. The summed E-state index contributed by atoms with van der Waals surface area (Å²) >= 11 is 0. The maximum Gasteiger partial charge on any atom is 0.243 e. The molecule has 0 heterocycles. The van der Waals surface area contributed by atoms with Crippen molar-refractivity contribution >= 4 is 21.6 Å². The van der Waals surface area contributed by atoms with Crippen molar-refractivity contribution < 1.29 is 17.6 Å². The first-order chi connectivity index (χ1) is 12.2. The minimum absolute atomic E-state index is 0.133. The average molecular weight is 378 g/mol. The Bertz CT molecular complexity index is 854. The zero-order chi connectivity index (χ0) is 19.3. The Balaban J connectivity index is 2.28. The number of carbonyl (C=O) groups is 1. The molecule has 0 radical (unpaired) electrons. The van der Waals surface area contributed by atoms with Gasteiger partial charge in [0.25, 0.3) is 0 Å². The summed E-state index contributed by atoms with van der Waals surface area (Å²) in [6.45, 7) is 3.61. The zero-order valence-corrected chi connectivity index (χ0v) is 15.9. The molecule has 2 rings (SSSR count). The standard InChI is InChI=1S/C19H23FN2O3S/c1-15(2)21(13-16-9-5-4-6-10-16)19(23)14-22(26(3,24)25)18-12-8-7-11-17(18)20/h4-12,15H,13-14H2,1-3H3. The first-order valence-corrected chi connectivity index (χ1v) is 10.1. The van der Waals surface area contributed by atoms with Crippen molar-refractivity contribution in [2.24, 2.45) is 0 Å². The second kappa shape index (κ2) is 8.31. The second-order valence-corrected chi connectivity index (χ2v) is 8.23. The van der Waals surface area contributed by atoms with E-state index in [-0.39, 0.29) is 11.7 Å². The minimum atomic E-state index is -3.82. The second-order valence-electron chi connectivity index (χ2n) is 6.32. The summed E-state index contributed by atoms with van der Waals surface area (Å²) in [5.74, 6) is -1.08. The number of benzene rings is 2. The number of hydrogen-bond acceptors (Lipinski definition) is 3. The summed E-state index contributed by atoms with van der Waals surface area (Å²) in [4.78, 5) is 14.4. The molecule has 2 aromatic rings. The van der Waals surface area contributed by atoms with Crippen LogP contribution in [0.3, 0.4) is 0 Å². The predicted molar refractivity (Wildman–Crippen MR) is 101 cm³/mol. The van der Waals surface area contributed by atoms with Gasteiger partial charge in [0.2, 0.25) is 15.9 Å². The summed E-state index contributed by atoms with van der Waals surface area (Å²) < 4.78 is 39.2. The molecule has 140 valence electrons. The Morgan fingerprint density at radius 3 is 2.15 bits per heavy atom. The molecule has 0 N–H and O–H groups in total. The maximum atomic E-state index is 14.1. The Labute approximate surface area is 154 Å². The van der Waals surface area contributed by atoms with Crippen LogP contribution in [-0.4, -0.2) is 38.1 Å². The molecule has 7 heteroatoms. The van der Waals surface area contributed by atoms with Gasteiger partial charge < -0.3 is 4.90 Å². The Kier molecular flexibility index (Phi) is 6.37. The highest BCUT2D eigenvalue weighted by Crippen LogP contribution is 2.22. The number of sulfonamides is 1. The van der Waals surface area contributed by atoms with Crippen molar-refractivity contribution in [1.29, 1.82) is 0 Å². The molecule has 0 atom stereocenters. The van der Waals surface area contributed by atoms with E-state index in [1.807, 2.05) is 44.2 Å². The van der Waals surface area contributed by atoms with Gasteiger partial charge in [0.1, 0.15) is 12.4 Å². The third-order valence-electron chi connectivity index (χ3n) is 3.94. The normalized spacial score (nSPS) is 11.4. The molecule has 26 heavy (non-hydrogen) atoms. The molecule has 0 bridgehead atoms. The zero-order valence-electron chi connectivity index (χ0n) is 15.1. The van der Waals surface area contributed by atoms with E-state index in [2.05, 4.69) is 0 Å². The smallest absolute Gasteiger partial charge is 0.243 e. The highest BCUT2D eigenvalue weighted by atomic mass is 32.2. The van der Waals surface area contributed by atoms with Crippen molar-refractivity contribution in [3.05, 3.63) is 66.0 Å². The monoisotopic (exact) mass is 378 g/mol. The molecule has 0 unspecified atom stereocenters. The molecular weight excluding hydrogens is 355 g/mol. The Morgan fingerprint density at radius 2 is 1.62 bits per heavy atom. The van der Waals surface area contributed by atoms with Crippen LogP contribution >= 0.6 is 0 Å². The van der Waals surface area contributed by atoms with Crippen molar-refractivity contribution in [1.82, 2.24) is 4.90 Å². The van der Waals surface area contributed by atoms with E-state index in [9.17, 15) is 17.6 Å². The summed E-state index contributed by atoms with van der Waals surface area (Å²) in [7, 11) is -3.82. The van der Waals surface area contributed by atoms with Crippen LogP contribution in [0.5, 0.6) is 0 Å². The number of anilines is 1. The van der Waals surface area contributed by atoms with Gasteiger partial charge in [-0.3, -0.25) is 9.10 Å². The SMILES string of the molecule is CC(C)N(Cc1ccccc1)C(=O)CN(c1ccccc1F)S(C)(=O)=O. The lowest BCUT2D eigenvalue weighted by atomic mass is 10.2. The minimum Gasteiger partial charge on any atom is -0.334 e. The summed E-state index contributed by atoms with van der Waals surface area (Å²) in [5.41, 5.74) is 0.804. The number of carbonyl (C=O) groups excluding carboxylic acids is 1. The number of amides is 1. The van der Waals surface area contributed by atoms with Gasteiger partial charge >= 0.3 is 0 Å². The lowest BCUT2D eigenvalue weighted by molar-refractivity contribution is -0.131. The maximum absolute atomic E-state index is 14.1. The van der Waals surface area contributed by atoms with Gasteiger partial charge in [-0.2, -0.15) is 0 Å². The summed E-state index contributed by atoms with van der Waals surface area (Å²) in [5, 5.41) is 0. The lowest BCUT2D eigenvalue weighted by Gasteiger charge is -2.30. The topological polar surface area (TPSA) is 57.7 Å². The van der Waals surface area contributed by atoms with Crippen LogP contribution < -0.4 is 4.31 Å². The average Bonchev–Trinajstić information content (AvgIpc) is 2.58. The fraction of sp³-hybridized carbons (Fsp3) is 0.316. The number of rotatable bonds is 7. The van der Waals surface area contributed by atoms with Crippen LogP contribution in [-0.2, 0) is 21.4 Å². The number of para-hydroxylation sites is 1. The van der Waals surface area contributed by atoms with Crippen LogP contribution in [0.4, 0.5) is 10.1 Å². The van der Waals surface area contributed by atoms with E-state index in [0.29, 0.717) is 6.54 Å². The van der Waals surface area contributed by atoms with Gasteiger partial charge in [-0.05, 0) is 31.5 Å². The highest BCUT2D eigenvalue weighted by molar-refractivity contribution is 7.92. The molecule has 0 saturated heterocycles. The molecule has 0 saturated carbocycles. The van der Waals surface area contributed by atoms with Crippen molar-refractivity contribution in [3.63, 3.8) is 0 Å². The van der Waals surface area contributed by atoms with Crippen LogP contribution in [0.15, 0.2) is 54.6 Å². The molecule has 0 aliphatic rings. The molecule has 0 fully saturated rings. The highest BCUT2D eigenvalue weighted by Gasteiger charge is 2.27. The molecule has 0 aromatic heterocycles. The summed E-state index contributed by atoms with van der Waals surface area (Å²) in [6, 6.07) is 14.8. The Morgan fingerprint density at radius 1 is 1.04 bits per heavy atom. The largest absolute Gasteiger partial charge is 0.334 e. The van der Waals surface area contributed by atoms with Crippen LogP contribution in [0, 0.1) is 5.82 Å². The van der Waals surface area contributed by atoms with E-state index < -0.39 is 28.3 Å². The van der Waals surface area contributed by atoms with E-state index in [0.717, 1.165) is 16.1 Å². The van der Waals surface area contributed by atoms with Crippen LogP contribution in [0.1, 0.15) is 19.4 Å². The third kappa shape index (κ3) is 5.05. The third-order valence-corrected chi connectivity index (χ3v) is 5.07. The quantitative estimate of drug-likeness (QED) is 0.744. The first-order valence-electron chi connectivity index (χ1n) is 8.25. The first kappa shape index (κ1) is 19.9. The molecule has 2 aromatic carbocycles. The van der Waals surface area contributed by atoms with Gasteiger partial charge in [-0.1, -0.05) is 42.5 Å². The fourth-order valence-corrected chi connectivity index (χ4v) is 3.44. The van der Waals surface area contributed by atoms with Gasteiger partial charge in [-0.15, -0.1) is 0 Å².